The van der Waals surface area contributed by atoms with E-state index < -0.39 is 0 Å². The van der Waals surface area contributed by atoms with Gasteiger partial charge in [-0.05, 0) is 28.3 Å². The predicted molar refractivity (Wildman–Crippen MR) is 128 cm³/mol. The minimum atomic E-state index is -0.158. The van der Waals surface area contributed by atoms with Crippen molar-refractivity contribution in [2.24, 2.45) is 0 Å². The van der Waals surface area contributed by atoms with Crippen LogP contribution < -0.4 is 0 Å². The van der Waals surface area contributed by atoms with Crippen LogP contribution in [0.15, 0.2) is 47.8 Å². The second-order valence-electron chi connectivity index (χ2n) is 8.42. The summed E-state index contributed by atoms with van der Waals surface area (Å²) in [7, 11) is 0. The first-order chi connectivity index (χ1) is 16.1. The van der Waals surface area contributed by atoms with E-state index in [-0.39, 0.29) is 17.6 Å². The third-order valence-corrected chi connectivity index (χ3v) is 7.29. The Kier molecular flexibility index (Phi) is 6.30. The minimum Gasteiger partial charge on any atom is -0.507 e. The highest BCUT2D eigenvalue weighted by molar-refractivity contribution is 7.12. The van der Waals surface area contributed by atoms with Gasteiger partial charge in [-0.2, -0.15) is 0 Å². The van der Waals surface area contributed by atoms with Gasteiger partial charge in [0.1, 0.15) is 5.75 Å². The molecule has 3 aromatic rings. The van der Waals surface area contributed by atoms with Crippen LogP contribution >= 0.6 is 11.3 Å². The fraction of sp³-hybridized carbons (Fsp3) is 0.360. The van der Waals surface area contributed by atoms with Crippen LogP contribution in [0.3, 0.4) is 0 Å². The van der Waals surface area contributed by atoms with Gasteiger partial charge in [0, 0.05) is 51.4 Å². The van der Waals surface area contributed by atoms with Crippen molar-refractivity contribution in [3.63, 3.8) is 0 Å². The van der Waals surface area contributed by atoms with E-state index in [1.165, 1.54) is 11.3 Å². The first-order valence-electron chi connectivity index (χ1n) is 11.3. The average Bonchev–Trinajstić information content (AvgIpc) is 3.41. The first-order valence-corrected chi connectivity index (χ1v) is 12.2. The van der Waals surface area contributed by atoms with Gasteiger partial charge in [-0.3, -0.25) is 14.5 Å². The Morgan fingerprint density at radius 1 is 0.909 bits per heavy atom. The number of phenols is 1. The van der Waals surface area contributed by atoms with Gasteiger partial charge in [-0.25, -0.2) is 0 Å². The van der Waals surface area contributed by atoms with E-state index in [2.05, 4.69) is 4.90 Å². The number of hydrogen-bond donors (Lipinski definition) is 1. The van der Waals surface area contributed by atoms with E-state index in [1.54, 1.807) is 11.0 Å². The van der Waals surface area contributed by atoms with Crippen LogP contribution in [0.1, 0.15) is 25.6 Å². The summed E-state index contributed by atoms with van der Waals surface area (Å²) in [5.41, 5.74) is 1.11. The summed E-state index contributed by atoms with van der Waals surface area (Å²) >= 11 is 1.47. The summed E-state index contributed by atoms with van der Waals surface area (Å²) in [6.45, 7) is 5.32. The van der Waals surface area contributed by atoms with Crippen molar-refractivity contribution in [2.75, 3.05) is 52.5 Å². The van der Waals surface area contributed by atoms with E-state index in [4.69, 9.17) is 4.74 Å². The van der Waals surface area contributed by atoms with Crippen LogP contribution in [0.2, 0.25) is 0 Å². The maximum Gasteiger partial charge on any atom is 0.264 e. The molecule has 2 aliphatic rings. The summed E-state index contributed by atoms with van der Waals surface area (Å²) in [6.07, 6.45) is 0. The van der Waals surface area contributed by atoms with E-state index in [0.717, 1.165) is 21.2 Å². The van der Waals surface area contributed by atoms with Crippen LogP contribution in [0.4, 0.5) is 0 Å². The molecule has 0 unspecified atom stereocenters. The highest BCUT2D eigenvalue weighted by atomic mass is 32.1. The van der Waals surface area contributed by atoms with Crippen LogP contribution in [0.5, 0.6) is 5.75 Å². The lowest BCUT2D eigenvalue weighted by Crippen LogP contribution is -2.48. The number of thiophene rings is 1. The van der Waals surface area contributed by atoms with Crippen molar-refractivity contribution >= 4 is 33.9 Å². The fourth-order valence-corrected chi connectivity index (χ4v) is 5.25. The van der Waals surface area contributed by atoms with Crippen molar-refractivity contribution in [1.82, 2.24) is 14.7 Å². The molecular weight excluding hydrogens is 438 g/mol. The lowest BCUT2D eigenvalue weighted by atomic mass is 9.97. The molecule has 1 N–H and O–H groups in total. The molecule has 2 aromatic carbocycles. The highest BCUT2D eigenvalue weighted by Crippen LogP contribution is 2.33. The molecule has 2 fully saturated rings. The summed E-state index contributed by atoms with van der Waals surface area (Å²) < 4.78 is 5.37. The second-order valence-corrected chi connectivity index (χ2v) is 9.37. The quantitative estimate of drug-likeness (QED) is 0.641. The second kappa shape index (κ2) is 9.51. The van der Waals surface area contributed by atoms with Crippen molar-refractivity contribution in [3.05, 3.63) is 63.8 Å². The Bertz CT molecular complexity index is 1150. The van der Waals surface area contributed by atoms with Crippen molar-refractivity contribution in [3.8, 4) is 5.75 Å². The molecule has 2 aliphatic heterocycles. The molecule has 172 valence electrons. The van der Waals surface area contributed by atoms with Gasteiger partial charge < -0.3 is 19.6 Å². The standard InChI is InChI=1S/C25H27N3O4S/c29-23-20(24(30)28-11-13-32-14-12-28)16-18-4-1-2-5-19(18)21(23)17-26-7-9-27(10-8-26)25(31)22-6-3-15-33-22/h1-6,15-16,29H,7-14,17H2. The van der Waals surface area contributed by atoms with E-state index in [0.29, 0.717) is 64.6 Å². The summed E-state index contributed by atoms with van der Waals surface area (Å²) in [5.74, 6) is -0.0208. The number of hydrogen-bond acceptors (Lipinski definition) is 6. The Balaban J connectivity index is 1.37. The predicted octanol–water partition coefficient (Wildman–Crippen LogP) is 3.04. The Morgan fingerprint density at radius 2 is 1.64 bits per heavy atom. The molecule has 7 nitrogen and oxygen atoms in total. The van der Waals surface area contributed by atoms with Crippen molar-refractivity contribution in [2.45, 2.75) is 6.54 Å². The van der Waals surface area contributed by atoms with Gasteiger partial charge in [-0.15, -0.1) is 11.3 Å². The number of fused-ring (bicyclic) bond motifs is 1. The molecule has 0 aliphatic carbocycles. The first kappa shape index (κ1) is 21.9. The maximum absolute atomic E-state index is 13.2. The summed E-state index contributed by atoms with van der Waals surface area (Å²) in [4.78, 5) is 32.5. The smallest absolute Gasteiger partial charge is 0.264 e. The third kappa shape index (κ3) is 4.46. The van der Waals surface area contributed by atoms with E-state index in [1.807, 2.05) is 46.7 Å². The molecular formula is C25H27N3O4S. The molecule has 3 heterocycles. The zero-order chi connectivity index (χ0) is 22.8. The van der Waals surface area contributed by atoms with Gasteiger partial charge in [0.05, 0.1) is 23.7 Å². The molecule has 5 rings (SSSR count). The highest BCUT2D eigenvalue weighted by Gasteiger charge is 2.27. The molecule has 1 aromatic heterocycles. The number of nitrogens with zero attached hydrogens (tertiary/aromatic N) is 3. The number of rotatable bonds is 4. The Labute approximate surface area is 196 Å². The molecule has 0 spiro atoms. The zero-order valence-electron chi connectivity index (χ0n) is 18.4. The molecule has 0 atom stereocenters. The van der Waals surface area contributed by atoms with Gasteiger partial charge in [0.2, 0.25) is 0 Å². The minimum absolute atomic E-state index is 0.0577. The molecule has 33 heavy (non-hydrogen) atoms. The number of piperazine rings is 1. The molecule has 0 bridgehead atoms. The summed E-state index contributed by atoms with van der Waals surface area (Å²) in [5, 5.41) is 15.0. The number of morpholine rings is 1. The monoisotopic (exact) mass is 465 g/mol. The number of carbonyl (C=O) groups excluding carboxylic acids is 2. The number of ether oxygens (including phenoxy) is 1. The van der Waals surface area contributed by atoms with E-state index in [9.17, 15) is 14.7 Å². The number of aromatic hydroxyl groups is 1. The molecule has 0 radical (unpaired) electrons. The maximum atomic E-state index is 13.2. The van der Waals surface area contributed by atoms with Crippen LogP contribution in [0, 0.1) is 0 Å². The van der Waals surface area contributed by atoms with Gasteiger partial charge in [-0.1, -0.05) is 30.3 Å². The summed E-state index contributed by atoms with van der Waals surface area (Å²) in [6, 6.07) is 13.4. The molecule has 2 amide bonds. The largest absolute Gasteiger partial charge is 0.507 e. The SMILES string of the molecule is O=C(c1cccs1)N1CCN(Cc2c(O)c(C(=O)N3CCOCC3)cc3ccccc23)CC1. The lowest BCUT2D eigenvalue weighted by Gasteiger charge is -2.35. The molecule has 0 saturated carbocycles. The van der Waals surface area contributed by atoms with Gasteiger partial charge in [0.15, 0.2) is 0 Å². The number of carbonyl (C=O) groups is 2. The topological polar surface area (TPSA) is 73.3 Å². The van der Waals surface area contributed by atoms with Crippen LogP contribution in [-0.2, 0) is 11.3 Å². The zero-order valence-corrected chi connectivity index (χ0v) is 19.2. The van der Waals surface area contributed by atoms with Crippen LogP contribution in [0.25, 0.3) is 10.8 Å². The average molecular weight is 466 g/mol. The molecule has 2 saturated heterocycles. The number of phenolic OH excluding ortho intramolecular Hbond substituents is 1. The van der Waals surface area contributed by atoms with Gasteiger partial charge in [0.25, 0.3) is 11.8 Å². The Hall–Kier alpha value is -2.94. The third-order valence-electron chi connectivity index (χ3n) is 6.43. The molecule has 8 heteroatoms. The van der Waals surface area contributed by atoms with Crippen molar-refractivity contribution in [1.29, 1.82) is 0 Å². The number of benzene rings is 2. The normalized spacial score (nSPS) is 17.5. The fourth-order valence-electron chi connectivity index (χ4n) is 4.56. The van der Waals surface area contributed by atoms with Crippen LogP contribution in [-0.4, -0.2) is 84.1 Å². The van der Waals surface area contributed by atoms with Gasteiger partial charge >= 0.3 is 0 Å². The lowest BCUT2D eigenvalue weighted by molar-refractivity contribution is 0.0301. The number of amides is 2. The van der Waals surface area contributed by atoms with E-state index >= 15 is 0 Å². The van der Waals surface area contributed by atoms with Crippen molar-refractivity contribution < 1.29 is 19.4 Å². The Morgan fingerprint density at radius 3 is 2.36 bits per heavy atom.